The number of rotatable bonds is 4. The summed E-state index contributed by atoms with van der Waals surface area (Å²) in [5.74, 6) is 0.618. The molecule has 210 valence electrons. The number of hydrogen-bond donors (Lipinski definition) is 1. The van der Waals surface area contributed by atoms with Crippen molar-refractivity contribution in [3.05, 3.63) is 125 Å². The number of nitrogens with zero attached hydrogens (tertiary/aromatic N) is 3. The van der Waals surface area contributed by atoms with Crippen molar-refractivity contribution in [1.29, 1.82) is 0 Å². The van der Waals surface area contributed by atoms with Gasteiger partial charge in [-0.3, -0.25) is 14.3 Å². The molecule has 0 saturated heterocycles. The molecule has 42 heavy (non-hydrogen) atoms. The van der Waals surface area contributed by atoms with Gasteiger partial charge in [0.1, 0.15) is 0 Å². The van der Waals surface area contributed by atoms with Gasteiger partial charge >= 0.3 is 0 Å². The van der Waals surface area contributed by atoms with E-state index in [2.05, 4.69) is 105 Å². The standard InChI is InChI=1S/C37H36N4O/c1-36(2,3)26-20-24(19-25(21-26)31-16-10-11-18-39-31)28-15-12-17-32-33(28)40-35(41(32)27-13-8-7-9-14-27)29-22-38-23-30(34(29)42)37(4,5)6/h7-23H,1-6H3,(H,38,42). The Morgan fingerprint density at radius 3 is 2.14 bits per heavy atom. The van der Waals surface area contributed by atoms with Crippen molar-refractivity contribution < 1.29 is 0 Å². The minimum Gasteiger partial charge on any atom is -0.366 e. The molecule has 0 atom stereocenters. The molecule has 6 aromatic rings. The SMILES string of the molecule is CC(C)(C)c1cc(-c2ccccn2)cc(-c2cccc3c2nc(-c2c[nH]cc(C(C)(C)C)c2=O)n3-c2ccccc2)c1. The number of benzene rings is 3. The summed E-state index contributed by atoms with van der Waals surface area (Å²) in [4.78, 5) is 27.0. The molecule has 0 saturated carbocycles. The van der Waals surface area contributed by atoms with Crippen molar-refractivity contribution in [3.8, 4) is 39.5 Å². The van der Waals surface area contributed by atoms with Crippen LogP contribution in [0.5, 0.6) is 0 Å². The zero-order valence-corrected chi connectivity index (χ0v) is 25.1. The lowest BCUT2D eigenvalue weighted by atomic mass is 9.83. The predicted molar refractivity (Wildman–Crippen MR) is 173 cm³/mol. The second kappa shape index (κ2) is 10.3. The molecule has 5 heteroatoms. The topological polar surface area (TPSA) is 63.6 Å². The summed E-state index contributed by atoms with van der Waals surface area (Å²) in [6.07, 6.45) is 5.41. The van der Waals surface area contributed by atoms with Gasteiger partial charge in [0.25, 0.3) is 0 Å². The van der Waals surface area contributed by atoms with Gasteiger partial charge in [-0.05, 0) is 64.4 Å². The van der Waals surface area contributed by atoms with Gasteiger partial charge in [-0.1, -0.05) is 84.0 Å². The predicted octanol–water partition coefficient (Wildman–Crippen LogP) is 8.70. The first-order chi connectivity index (χ1) is 20.0. The Kier molecular flexibility index (Phi) is 6.69. The van der Waals surface area contributed by atoms with Crippen molar-refractivity contribution in [2.24, 2.45) is 0 Å². The molecule has 0 unspecified atom stereocenters. The molecule has 0 aliphatic rings. The zero-order chi connectivity index (χ0) is 29.6. The highest BCUT2D eigenvalue weighted by Crippen LogP contribution is 2.38. The molecule has 3 aromatic heterocycles. The number of H-pyrrole nitrogens is 1. The van der Waals surface area contributed by atoms with E-state index >= 15 is 0 Å². The minimum atomic E-state index is -0.312. The summed E-state index contributed by atoms with van der Waals surface area (Å²) < 4.78 is 2.10. The number of fused-ring (bicyclic) bond motifs is 1. The summed E-state index contributed by atoms with van der Waals surface area (Å²) in [7, 11) is 0. The third-order valence-electron chi connectivity index (χ3n) is 7.76. The summed E-state index contributed by atoms with van der Waals surface area (Å²) in [5, 5.41) is 0. The zero-order valence-electron chi connectivity index (χ0n) is 25.1. The van der Waals surface area contributed by atoms with Crippen LogP contribution < -0.4 is 5.43 Å². The molecule has 0 fully saturated rings. The first kappa shape index (κ1) is 27.4. The highest BCUT2D eigenvalue weighted by molar-refractivity contribution is 5.96. The van der Waals surface area contributed by atoms with E-state index in [1.165, 1.54) is 5.56 Å². The van der Waals surface area contributed by atoms with Crippen LogP contribution in [0, 0.1) is 0 Å². The number of imidazole rings is 1. The van der Waals surface area contributed by atoms with Gasteiger partial charge in [-0.2, -0.15) is 0 Å². The lowest BCUT2D eigenvalue weighted by Crippen LogP contribution is -2.24. The van der Waals surface area contributed by atoms with E-state index in [0.717, 1.165) is 44.7 Å². The van der Waals surface area contributed by atoms with Crippen LogP contribution in [-0.4, -0.2) is 19.5 Å². The molecule has 0 aliphatic carbocycles. The third-order valence-corrected chi connectivity index (χ3v) is 7.76. The fraction of sp³-hybridized carbons (Fsp3) is 0.216. The number of pyridine rings is 2. The third kappa shape index (κ3) is 4.96. The monoisotopic (exact) mass is 552 g/mol. The number of aromatic nitrogens is 4. The van der Waals surface area contributed by atoms with Crippen LogP contribution in [0.3, 0.4) is 0 Å². The van der Waals surface area contributed by atoms with Gasteiger partial charge in [0.2, 0.25) is 0 Å². The molecule has 0 amide bonds. The summed E-state index contributed by atoms with van der Waals surface area (Å²) in [6, 6.07) is 29.1. The Labute approximate surface area is 247 Å². The van der Waals surface area contributed by atoms with Gasteiger partial charge in [-0.15, -0.1) is 0 Å². The van der Waals surface area contributed by atoms with Crippen molar-refractivity contribution in [2.45, 2.75) is 52.4 Å². The quantitative estimate of drug-likeness (QED) is 0.238. The molecule has 0 radical (unpaired) electrons. The van der Waals surface area contributed by atoms with Crippen LogP contribution >= 0.6 is 0 Å². The molecule has 3 heterocycles. The molecule has 0 bridgehead atoms. The minimum absolute atomic E-state index is 0.0116. The maximum Gasteiger partial charge on any atom is 0.196 e. The number of nitrogens with one attached hydrogen (secondary N) is 1. The first-order valence-electron chi connectivity index (χ1n) is 14.4. The molecule has 0 aliphatic heterocycles. The van der Waals surface area contributed by atoms with Crippen molar-refractivity contribution in [1.82, 2.24) is 19.5 Å². The number of aromatic amines is 1. The smallest absolute Gasteiger partial charge is 0.196 e. The molecule has 0 spiro atoms. The van der Waals surface area contributed by atoms with E-state index in [-0.39, 0.29) is 16.3 Å². The number of para-hydroxylation sites is 2. The van der Waals surface area contributed by atoms with E-state index < -0.39 is 0 Å². The highest BCUT2D eigenvalue weighted by Gasteiger charge is 2.25. The molecular formula is C37H36N4O. The maximum absolute atomic E-state index is 13.9. The van der Waals surface area contributed by atoms with Gasteiger partial charge in [0.05, 0.1) is 22.3 Å². The Hall–Kier alpha value is -4.77. The van der Waals surface area contributed by atoms with Crippen LogP contribution in [0.2, 0.25) is 0 Å². The molecule has 1 N–H and O–H groups in total. The van der Waals surface area contributed by atoms with Crippen LogP contribution in [0.25, 0.3) is 50.5 Å². The van der Waals surface area contributed by atoms with Crippen LogP contribution in [0.1, 0.15) is 52.7 Å². The summed E-state index contributed by atoms with van der Waals surface area (Å²) >= 11 is 0. The van der Waals surface area contributed by atoms with Crippen LogP contribution in [0.4, 0.5) is 0 Å². The Balaban J connectivity index is 1.67. The van der Waals surface area contributed by atoms with E-state index in [4.69, 9.17) is 4.98 Å². The Morgan fingerprint density at radius 1 is 0.714 bits per heavy atom. The fourth-order valence-corrected chi connectivity index (χ4v) is 5.46. The number of hydrogen-bond acceptors (Lipinski definition) is 3. The highest BCUT2D eigenvalue weighted by atomic mass is 16.1. The van der Waals surface area contributed by atoms with E-state index in [9.17, 15) is 4.79 Å². The van der Waals surface area contributed by atoms with Crippen LogP contribution in [0.15, 0.2) is 108 Å². The van der Waals surface area contributed by atoms with Crippen molar-refractivity contribution >= 4 is 11.0 Å². The lowest BCUT2D eigenvalue weighted by Gasteiger charge is -2.21. The van der Waals surface area contributed by atoms with Gasteiger partial charge in [0.15, 0.2) is 11.3 Å². The second-order valence-corrected chi connectivity index (χ2v) is 12.9. The second-order valence-electron chi connectivity index (χ2n) is 12.9. The summed E-state index contributed by atoms with van der Waals surface area (Å²) in [6.45, 7) is 12.9. The molecule has 3 aromatic carbocycles. The van der Waals surface area contributed by atoms with E-state index in [0.29, 0.717) is 11.4 Å². The normalized spacial score (nSPS) is 12.1. The lowest BCUT2D eigenvalue weighted by molar-refractivity contribution is 0.583. The van der Waals surface area contributed by atoms with E-state index in [1.807, 2.05) is 48.8 Å². The van der Waals surface area contributed by atoms with Gasteiger partial charge < -0.3 is 4.98 Å². The van der Waals surface area contributed by atoms with Crippen LogP contribution in [-0.2, 0) is 10.8 Å². The van der Waals surface area contributed by atoms with Crippen molar-refractivity contribution in [2.75, 3.05) is 0 Å². The van der Waals surface area contributed by atoms with Gasteiger partial charge in [0, 0.05) is 41.0 Å². The molecule has 5 nitrogen and oxygen atoms in total. The largest absolute Gasteiger partial charge is 0.366 e. The Bertz CT molecular complexity index is 1950. The molecule has 6 rings (SSSR count). The maximum atomic E-state index is 13.9. The first-order valence-corrected chi connectivity index (χ1v) is 14.4. The van der Waals surface area contributed by atoms with E-state index in [1.54, 1.807) is 6.20 Å². The molecular weight excluding hydrogens is 516 g/mol. The summed E-state index contributed by atoms with van der Waals surface area (Å²) in [5.41, 5.74) is 8.90. The van der Waals surface area contributed by atoms with Crippen molar-refractivity contribution in [3.63, 3.8) is 0 Å². The average Bonchev–Trinajstić information content (AvgIpc) is 3.36. The fourth-order valence-electron chi connectivity index (χ4n) is 5.46. The Morgan fingerprint density at radius 2 is 1.45 bits per heavy atom. The van der Waals surface area contributed by atoms with Gasteiger partial charge in [-0.25, -0.2) is 4.98 Å². The average molecular weight is 553 g/mol.